The van der Waals surface area contributed by atoms with Crippen molar-refractivity contribution < 1.29 is 39.0 Å². The van der Waals surface area contributed by atoms with E-state index in [-0.39, 0.29) is 35.9 Å². The molecule has 6 rings (SSSR count). The summed E-state index contributed by atoms with van der Waals surface area (Å²) in [6.45, 7) is 3.96. The second-order valence-corrected chi connectivity index (χ2v) is 12.3. The van der Waals surface area contributed by atoms with Gasteiger partial charge >= 0.3 is 0 Å². The Morgan fingerprint density at radius 2 is 1.63 bits per heavy atom. The van der Waals surface area contributed by atoms with Gasteiger partial charge in [-0.3, -0.25) is 4.90 Å². The Balaban J connectivity index is 1.72. The molecule has 3 N–H and O–H groups in total. The summed E-state index contributed by atoms with van der Waals surface area (Å²) in [5.41, 5.74) is -5.89. The zero-order chi connectivity index (χ0) is 25.2. The molecule has 200 valence electrons. The molecule has 13 atom stereocenters. The fourth-order valence-corrected chi connectivity index (χ4v) is 11.3. The highest BCUT2D eigenvalue weighted by Crippen LogP contribution is 2.81. The van der Waals surface area contributed by atoms with E-state index in [1.165, 1.54) is 0 Å². The Hall–Kier alpha value is -0.360. The summed E-state index contributed by atoms with van der Waals surface area (Å²) >= 11 is 0. The molecular formula is C26H43NO8. The van der Waals surface area contributed by atoms with Crippen LogP contribution in [0.25, 0.3) is 0 Å². The van der Waals surface area contributed by atoms with Gasteiger partial charge in [-0.05, 0) is 25.8 Å². The molecule has 5 aliphatic carbocycles. The van der Waals surface area contributed by atoms with Gasteiger partial charge in [0.1, 0.15) is 11.2 Å². The predicted octanol–water partition coefficient (Wildman–Crippen LogP) is 0.0400. The van der Waals surface area contributed by atoms with E-state index < -0.39 is 46.4 Å². The minimum absolute atomic E-state index is 0.0920. The molecule has 5 saturated carbocycles. The molecule has 7 bridgehead atoms. The van der Waals surface area contributed by atoms with Crippen molar-refractivity contribution in [1.29, 1.82) is 0 Å². The zero-order valence-corrected chi connectivity index (χ0v) is 21.9. The van der Waals surface area contributed by atoms with Gasteiger partial charge in [-0.15, -0.1) is 0 Å². The SMILES string of the molecule is CCN1CC2(COC)CCC(OC)C34C2C(OC)C(O)(C13)C1(O)CC(OC)C2CC4(O)C1C2OC. The molecule has 0 aromatic carbocycles. The van der Waals surface area contributed by atoms with Crippen LogP contribution in [0.15, 0.2) is 0 Å². The number of likely N-dealkylation sites (N-methyl/N-ethyl adjacent to an activating group) is 1. The minimum Gasteiger partial charge on any atom is -0.389 e. The van der Waals surface area contributed by atoms with Gasteiger partial charge in [0, 0.05) is 71.7 Å². The number of rotatable bonds is 7. The number of aliphatic hydroxyl groups is 3. The molecule has 9 nitrogen and oxygen atoms in total. The van der Waals surface area contributed by atoms with Gasteiger partial charge in [0.2, 0.25) is 0 Å². The summed E-state index contributed by atoms with van der Waals surface area (Å²) in [6.07, 6.45) is 0.424. The summed E-state index contributed by atoms with van der Waals surface area (Å²) in [4.78, 5) is 2.28. The molecule has 6 fully saturated rings. The first kappa shape index (κ1) is 24.9. The predicted molar refractivity (Wildman–Crippen MR) is 125 cm³/mol. The van der Waals surface area contributed by atoms with E-state index in [0.717, 1.165) is 12.8 Å². The van der Waals surface area contributed by atoms with E-state index in [9.17, 15) is 15.3 Å². The van der Waals surface area contributed by atoms with E-state index in [1.54, 1.807) is 35.5 Å². The van der Waals surface area contributed by atoms with E-state index in [2.05, 4.69) is 11.8 Å². The monoisotopic (exact) mass is 497 g/mol. The van der Waals surface area contributed by atoms with E-state index in [0.29, 0.717) is 26.1 Å². The number of piperidine rings is 1. The topological polar surface area (TPSA) is 110 Å². The molecular weight excluding hydrogens is 454 g/mol. The standard InChI is InChI=1S/C26H43NO8/c1-7-27-12-22(13-31-2)9-8-16(33-4)25-19(22)20(35-6)26(30,21(25)27)24(29)11-15(32-3)14-10-23(25,28)18(24)17(14)34-5/h14-21,28-30H,7-13H2,1-6H3. The lowest BCUT2D eigenvalue weighted by atomic mass is 9.41. The largest absolute Gasteiger partial charge is 0.389 e. The molecule has 0 radical (unpaired) electrons. The number of hydrogen-bond donors (Lipinski definition) is 3. The summed E-state index contributed by atoms with van der Waals surface area (Å²) < 4.78 is 30.3. The molecule has 1 saturated heterocycles. The molecule has 13 unspecified atom stereocenters. The van der Waals surface area contributed by atoms with Crippen LogP contribution in [0.4, 0.5) is 0 Å². The third-order valence-corrected chi connectivity index (χ3v) is 11.8. The second-order valence-electron chi connectivity index (χ2n) is 12.3. The quantitative estimate of drug-likeness (QED) is 0.449. The molecule has 1 aliphatic heterocycles. The van der Waals surface area contributed by atoms with Gasteiger partial charge in [-0.1, -0.05) is 6.92 Å². The maximum absolute atomic E-state index is 13.2. The first-order valence-electron chi connectivity index (χ1n) is 13.2. The number of methoxy groups -OCH3 is 5. The fraction of sp³-hybridized carbons (Fsp3) is 1.00. The van der Waals surface area contributed by atoms with Crippen LogP contribution in [0.2, 0.25) is 0 Å². The maximum Gasteiger partial charge on any atom is 0.136 e. The Labute approximate surface area is 208 Å². The van der Waals surface area contributed by atoms with Crippen molar-refractivity contribution in [3.05, 3.63) is 0 Å². The van der Waals surface area contributed by atoms with Gasteiger partial charge in [0.25, 0.3) is 0 Å². The number of ether oxygens (including phenoxy) is 5. The van der Waals surface area contributed by atoms with Crippen molar-refractivity contribution in [2.75, 3.05) is 55.2 Å². The van der Waals surface area contributed by atoms with Gasteiger partial charge in [-0.2, -0.15) is 0 Å². The van der Waals surface area contributed by atoms with Crippen molar-refractivity contribution in [1.82, 2.24) is 4.90 Å². The highest BCUT2D eigenvalue weighted by Gasteiger charge is 2.95. The third-order valence-electron chi connectivity index (χ3n) is 11.8. The van der Waals surface area contributed by atoms with Gasteiger partial charge in [0.15, 0.2) is 0 Å². The van der Waals surface area contributed by atoms with Crippen LogP contribution in [0.3, 0.4) is 0 Å². The molecule has 6 aliphatic rings. The van der Waals surface area contributed by atoms with Gasteiger partial charge < -0.3 is 39.0 Å². The number of nitrogens with zero attached hydrogens (tertiary/aromatic N) is 1. The fourth-order valence-electron chi connectivity index (χ4n) is 11.3. The van der Waals surface area contributed by atoms with Gasteiger partial charge in [0.05, 0.1) is 48.1 Å². The average Bonchev–Trinajstić information content (AvgIpc) is 3.21. The van der Waals surface area contributed by atoms with Crippen LogP contribution in [0.1, 0.15) is 32.6 Å². The lowest BCUT2D eigenvalue weighted by Gasteiger charge is -2.72. The van der Waals surface area contributed by atoms with Crippen LogP contribution in [-0.4, -0.2) is 123 Å². The average molecular weight is 498 g/mol. The normalized spacial score (nSPS) is 60.3. The number of fused-ring (bicyclic) bond motifs is 2. The Kier molecular flexibility index (Phi) is 5.42. The maximum atomic E-state index is 13.2. The third kappa shape index (κ3) is 2.31. The van der Waals surface area contributed by atoms with Crippen molar-refractivity contribution in [2.24, 2.45) is 28.6 Å². The summed E-state index contributed by atoms with van der Waals surface area (Å²) in [6, 6.07) is -0.539. The number of likely N-dealkylation sites (tertiary alicyclic amines) is 1. The van der Waals surface area contributed by atoms with Crippen LogP contribution in [0, 0.1) is 28.6 Å². The molecule has 9 heteroatoms. The minimum atomic E-state index is -1.67. The van der Waals surface area contributed by atoms with Crippen molar-refractivity contribution in [2.45, 2.75) is 79.9 Å². The molecule has 1 spiro atoms. The van der Waals surface area contributed by atoms with Crippen LogP contribution in [-0.2, 0) is 23.7 Å². The summed E-state index contributed by atoms with van der Waals surface area (Å²) in [5.74, 6) is -1.04. The molecule has 0 aromatic heterocycles. The van der Waals surface area contributed by atoms with Crippen LogP contribution in [0.5, 0.6) is 0 Å². The smallest absolute Gasteiger partial charge is 0.136 e. The Morgan fingerprint density at radius 3 is 2.20 bits per heavy atom. The first-order chi connectivity index (χ1) is 16.7. The summed E-state index contributed by atoms with van der Waals surface area (Å²) in [5, 5.41) is 39.1. The molecule has 0 amide bonds. The Morgan fingerprint density at radius 1 is 0.886 bits per heavy atom. The van der Waals surface area contributed by atoms with Crippen LogP contribution < -0.4 is 0 Å². The zero-order valence-electron chi connectivity index (χ0n) is 21.9. The second kappa shape index (κ2) is 7.61. The Bertz CT molecular complexity index is 876. The molecule has 1 heterocycles. The summed E-state index contributed by atoms with van der Waals surface area (Å²) in [7, 11) is 8.33. The number of hydrogen-bond acceptors (Lipinski definition) is 9. The lowest BCUT2D eigenvalue weighted by molar-refractivity contribution is -0.358. The van der Waals surface area contributed by atoms with Crippen LogP contribution >= 0.6 is 0 Å². The van der Waals surface area contributed by atoms with E-state index >= 15 is 0 Å². The van der Waals surface area contributed by atoms with Gasteiger partial charge in [-0.25, -0.2) is 0 Å². The van der Waals surface area contributed by atoms with E-state index in [1.807, 2.05) is 0 Å². The molecule has 35 heavy (non-hydrogen) atoms. The lowest BCUT2D eigenvalue weighted by Crippen LogP contribution is -2.86. The highest BCUT2D eigenvalue weighted by atomic mass is 16.5. The van der Waals surface area contributed by atoms with Crippen molar-refractivity contribution in [3.63, 3.8) is 0 Å². The molecule has 0 aromatic rings. The van der Waals surface area contributed by atoms with Crippen molar-refractivity contribution in [3.8, 4) is 0 Å². The highest BCUT2D eigenvalue weighted by molar-refractivity contribution is 5.45. The first-order valence-corrected chi connectivity index (χ1v) is 13.2. The van der Waals surface area contributed by atoms with Crippen molar-refractivity contribution >= 4 is 0 Å². The van der Waals surface area contributed by atoms with E-state index in [4.69, 9.17) is 23.7 Å².